The number of nitrogen functional groups attached to an aromatic ring is 1. The van der Waals surface area contributed by atoms with Crippen LogP contribution in [0.1, 0.15) is 18.1 Å². The predicted octanol–water partition coefficient (Wildman–Crippen LogP) is 4.65. The molecule has 0 saturated carbocycles. The van der Waals surface area contributed by atoms with Crippen LogP contribution < -0.4 is 11.1 Å². The van der Waals surface area contributed by atoms with Crippen LogP contribution in [0.4, 0.5) is 17.1 Å². The van der Waals surface area contributed by atoms with E-state index in [9.17, 15) is 0 Å². The summed E-state index contributed by atoms with van der Waals surface area (Å²) in [6, 6.07) is 12.2. The van der Waals surface area contributed by atoms with Crippen LogP contribution in [0.15, 0.2) is 40.9 Å². The number of anilines is 3. The van der Waals surface area contributed by atoms with E-state index in [4.69, 9.17) is 5.73 Å². The molecular weight excluding hydrogens is 288 g/mol. The van der Waals surface area contributed by atoms with Crippen LogP contribution in [0.5, 0.6) is 0 Å². The lowest BCUT2D eigenvalue weighted by atomic mass is 10.1. The van der Waals surface area contributed by atoms with Gasteiger partial charge in [0.1, 0.15) is 0 Å². The molecule has 2 rings (SSSR count). The van der Waals surface area contributed by atoms with E-state index in [-0.39, 0.29) is 0 Å². The Balaban J connectivity index is 2.37. The maximum absolute atomic E-state index is 5.92. The number of benzene rings is 2. The molecule has 0 atom stereocenters. The van der Waals surface area contributed by atoms with Crippen molar-refractivity contribution in [3.63, 3.8) is 0 Å². The molecule has 0 saturated heterocycles. The van der Waals surface area contributed by atoms with Crippen molar-refractivity contribution < 1.29 is 0 Å². The summed E-state index contributed by atoms with van der Waals surface area (Å²) in [5.74, 6) is 0. The highest BCUT2D eigenvalue weighted by atomic mass is 79.9. The topological polar surface area (TPSA) is 38.0 Å². The molecule has 3 N–H and O–H groups in total. The number of nitrogens with one attached hydrogen (secondary N) is 1. The van der Waals surface area contributed by atoms with Crippen molar-refractivity contribution in [1.82, 2.24) is 0 Å². The number of hydrogen-bond acceptors (Lipinski definition) is 2. The van der Waals surface area contributed by atoms with Gasteiger partial charge in [0.05, 0.1) is 0 Å². The Labute approximate surface area is 116 Å². The van der Waals surface area contributed by atoms with Crippen molar-refractivity contribution in [1.29, 1.82) is 0 Å². The molecule has 0 aliphatic heterocycles. The van der Waals surface area contributed by atoms with Gasteiger partial charge in [0.2, 0.25) is 0 Å². The first-order valence-electron chi connectivity index (χ1n) is 6.02. The third kappa shape index (κ3) is 2.67. The van der Waals surface area contributed by atoms with Gasteiger partial charge in [0.25, 0.3) is 0 Å². The summed E-state index contributed by atoms with van der Waals surface area (Å²) in [6.45, 7) is 4.18. The molecule has 0 aromatic heterocycles. The highest BCUT2D eigenvalue weighted by Crippen LogP contribution is 2.28. The summed E-state index contributed by atoms with van der Waals surface area (Å²) in [7, 11) is 0. The van der Waals surface area contributed by atoms with Gasteiger partial charge >= 0.3 is 0 Å². The van der Waals surface area contributed by atoms with Gasteiger partial charge in [-0.15, -0.1) is 0 Å². The van der Waals surface area contributed by atoms with Crippen molar-refractivity contribution >= 4 is 33.0 Å². The molecular formula is C15H17BrN2. The maximum Gasteiger partial charge on any atom is 0.0434 e. The lowest BCUT2D eigenvalue weighted by Crippen LogP contribution is -1.99. The third-order valence-electron chi connectivity index (χ3n) is 3.09. The molecule has 18 heavy (non-hydrogen) atoms. The summed E-state index contributed by atoms with van der Waals surface area (Å²) in [4.78, 5) is 0. The number of rotatable bonds is 3. The Morgan fingerprint density at radius 2 is 1.94 bits per heavy atom. The van der Waals surface area contributed by atoms with Crippen molar-refractivity contribution in [2.75, 3.05) is 11.1 Å². The molecule has 0 heterocycles. The van der Waals surface area contributed by atoms with Crippen molar-refractivity contribution in [2.45, 2.75) is 20.3 Å². The Kier molecular flexibility index (Phi) is 3.92. The third-order valence-corrected chi connectivity index (χ3v) is 3.59. The van der Waals surface area contributed by atoms with E-state index < -0.39 is 0 Å². The molecule has 2 aromatic carbocycles. The van der Waals surface area contributed by atoms with Crippen molar-refractivity contribution in [2.24, 2.45) is 0 Å². The highest BCUT2D eigenvalue weighted by Gasteiger charge is 2.05. The van der Waals surface area contributed by atoms with Gasteiger partial charge in [-0.1, -0.05) is 28.9 Å². The molecule has 0 radical (unpaired) electrons. The van der Waals surface area contributed by atoms with Crippen LogP contribution in [-0.2, 0) is 6.42 Å². The van der Waals surface area contributed by atoms with E-state index in [1.165, 1.54) is 5.56 Å². The zero-order valence-electron chi connectivity index (χ0n) is 10.6. The van der Waals surface area contributed by atoms with Gasteiger partial charge in [-0.3, -0.25) is 0 Å². The average Bonchev–Trinajstić information content (AvgIpc) is 2.37. The minimum atomic E-state index is 0.815. The largest absolute Gasteiger partial charge is 0.398 e. The van der Waals surface area contributed by atoms with Gasteiger partial charge in [0, 0.05) is 21.5 Å². The van der Waals surface area contributed by atoms with E-state index in [0.29, 0.717) is 0 Å². The standard InChI is InChI=1S/C15H17BrN2/c1-3-11-9-12(16)7-8-15(11)18-14-6-4-5-13(17)10(14)2/h4-9,18H,3,17H2,1-2H3. The minimum absolute atomic E-state index is 0.815. The molecule has 0 aliphatic rings. The van der Waals surface area contributed by atoms with Gasteiger partial charge < -0.3 is 11.1 Å². The van der Waals surface area contributed by atoms with E-state index in [0.717, 1.165) is 33.5 Å². The van der Waals surface area contributed by atoms with Crippen LogP contribution >= 0.6 is 15.9 Å². The maximum atomic E-state index is 5.92. The second-order valence-corrected chi connectivity index (χ2v) is 5.22. The predicted molar refractivity (Wildman–Crippen MR) is 82.4 cm³/mol. The molecule has 0 unspecified atom stereocenters. The smallest absolute Gasteiger partial charge is 0.0434 e. The van der Waals surface area contributed by atoms with E-state index in [1.54, 1.807) is 0 Å². The van der Waals surface area contributed by atoms with Crippen molar-refractivity contribution in [3.8, 4) is 0 Å². The van der Waals surface area contributed by atoms with E-state index in [1.807, 2.05) is 31.2 Å². The highest BCUT2D eigenvalue weighted by molar-refractivity contribution is 9.10. The summed E-state index contributed by atoms with van der Waals surface area (Å²) < 4.78 is 1.11. The monoisotopic (exact) mass is 304 g/mol. The van der Waals surface area contributed by atoms with E-state index in [2.05, 4.69) is 40.3 Å². The number of hydrogen-bond donors (Lipinski definition) is 2. The molecule has 3 heteroatoms. The molecule has 94 valence electrons. The summed E-state index contributed by atoms with van der Waals surface area (Å²) in [6.07, 6.45) is 0.989. The Morgan fingerprint density at radius 1 is 1.17 bits per heavy atom. The first kappa shape index (κ1) is 13.0. The Morgan fingerprint density at radius 3 is 2.67 bits per heavy atom. The average molecular weight is 305 g/mol. The lowest BCUT2D eigenvalue weighted by Gasteiger charge is -2.14. The molecule has 0 bridgehead atoms. The van der Waals surface area contributed by atoms with Gasteiger partial charge in [-0.25, -0.2) is 0 Å². The number of halogens is 1. The van der Waals surface area contributed by atoms with Gasteiger partial charge in [-0.2, -0.15) is 0 Å². The normalized spacial score (nSPS) is 10.4. The van der Waals surface area contributed by atoms with Gasteiger partial charge in [-0.05, 0) is 54.8 Å². The Hall–Kier alpha value is -1.48. The zero-order valence-corrected chi connectivity index (χ0v) is 12.2. The zero-order chi connectivity index (χ0) is 13.1. The van der Waals surface area contributed by atoms with Crippen molar-refractivity contribution in [3.05, 3.63) is 52.0 Å². The second-order valence-electron chi connectivity index (χ2n) is 4.30. The van der Waals surface area contributed by atoms with Crippen LogP contribution in [0, 0.1) is 6.92 Å². The molecule has 0 spiro atoms. The first-order chi connectivity index (χ1) is 8.61. The second kappa shape index (κ2) is 5.44. The number of nitrogens with two attached hydrogens (primary N) is 1. The minimum Gasteiger partial charge on any atom is -0.398 e. The molecule has 2 aromatic rings. The fourth-order valence-electron chi connectivity index (χ4n) is 1.91. The van der Waals surface area contributed by atoms with E-state index >= 15 is 0 Å². The van der Waals surface area contributed by atoms with Crippen LogP contribution in [0.2, 0.25) is 0 Å². The Bertz CT molecular complexity index is 564. The first-order valence-corrected chi connectivity index (χ1v) is 6.81. The molecule has 2 nitrogen and oxygen atoms in total. The summed E-state index contributed by atoms with van der Waals surface area (Å²) in [5.41, 5.74) is 11.3. The van der Waals surface area contributed by atoms with Crippen LogP contribution in [0.3, 0.4) is 0 Å². The molecule has 0 aliphatic carbocycles. The quantitative estimate of drug-likeness (QED) is 0.810. The lowest BCUT2D eigenvalue weighted by molar-refractivity contribution is 1.14. The molecule has 0 amide bonds. The molecule has 0 fully saturated rings. The number of aryl methyl sites for hydroxylation is 1. The van der Waals surface area contributed by atoms with Gasteiger partial charge in [0.15, 0.2) is 0 Å². The van der Waals surface area contributed by atoms with Crippen LogP contribution in [0.25, 0.3) is 0 Å². The summed E-state index contributed by atoms with van der Waals surface area (Å²) in [5, 5.41) is 3.46. The fourth-order valence-corrected chi connectivity index (χ4v) is 2.32. The fraction of sp³-hybridized carbons (Fsp3) is 0.200. The summed E-state index contributed by atoms with van der Waals surface area (Å²) >= 11 is 3.50. The SMILES string of the molecule is CCc1cc(Br)ccc1Nc1cccc(N)c1C. The van der Waals surface area contributed by atoms with Crippen LogP contribution in [-0.4, -0.2) is 0 Å².